The topological polar surface area (TPSA) is 77.0 Å². The van der Waals surface area contributed by atoms with E-state index in [0.29, 0.717) is 5.96 Å². The fourth-order valence-electron chi connectivity index (χ4n) is 2.79. The standard InChI is InChI=1S/C17H23N5O2/c1-12-3-5-13(6-4-12)18-15(23)11-14-16(24)20-17(19-14)22-9-7-21(2)8-10-22/h3-6,14H,7-11H2,1-2H3,(H,18,23)(H,19,20,24). The van der Waals surface area contributed by atoms with Gasteiger partial charge in [-0.2, -0.15) is 4.99 Å². The van der Waals surface area contributed by atoms with Gasteiger partial charge in [-0.1, -0.05) is 17.7 Å². The van der Waals surface area contributed by atoms with Crippen LogP contribution in [0.5, 0.6) is 0 Å². The first-order valence-corrected chi connectivity index (χ1v) is 8.20. The molecular formula is C17H23N5O2. The number of guanidine groups is 1. The Morgan fingerprint density at radius 1 is 1.25 bits per heavy atom. The summed E-state index contributed by atoms with van der Waals surface area (Å²) in [5.74, 6) is 0.128. The molecule has 0 saturated carbocycles. The lowest BCUT2D eigenvalue weighted by Crippen LogP contribution is -2.51. The van der Waals surface area contributed by atoms with Gasteiger partial charge in [-0.3, -0.25) is 9.59 Å². The van der Waals surface area contributed by atoms with Crippen LogP contribution in [0.1, 0.15) is 12.0 Å². The van der Waals surface area contributed by atoms with E-state index in [1.165, 1.54) is 0 Å². The summed E-state index contributed by atoms with van der Waals surface area (Å²) in [6.07, 6.45) is 0.0768. The number of hydrogen-bond donors (Lipinski definition) is 2. The molecule has 2 aliphatic rings. The van der Waals surface area contributed by atoms with E-state index in [4.69, 9.17) is 0 Å². The van der Waals surface area contributed by atoms with E-state index in [0.717, 1.165) is 37.4 Å². The lowest BCUT2D eigenvalue weighted by Gasteiger charge is -2.33. The number of amides is 2. The SMILES string of the molecule is Cc1ccc(NC(=O)CC2NC(N3CCN(C)CC3)=NC2=O)cc1. The van der Waals surface area contributed by atoms with E-state index in [1.54, 1.807) is 0 Å². The number of hydrogen-bond acceptors (Lipinski definition) is 5. The number of carbonyl (C=O) groups is 2. The number of aryl methyl sites for hydroxylation is 1. The van der Waals surface area contributed by atoms with Gasteiger partial charge < -0.3 is 20.4 Å². The third-order valence-corrected chi connectivity index (χ3v) is 4.35. The Morgan fingerprint density at radius 2 is 1.92 bits per heavy atom. The van der Waals surface area contributed by atoms with Gasteiger partial charge in [-0.25, -0.2) is 0 Å². The summed E-state index contributed by atoms with van der Waals surface area (Å²) >= 11 is 0. The van der Waals surface area contributed by atoms with Gasteiger partial charge in [-0.15, -0.1) is 0 Å². The van der Waals surface area contributed by atoms with Crippen molar-refractivity contribution in [2.75, 3.05) is 38.5 Å². The van der Waals surface area contributed by atoms with Crippen molar-refractivity contribution < 1.29 is 9.59 Å². The molecule has 1 aromatic rings. The minimum absolute atomic E-state index is 0.0768. The maximum Gasteiger partial charge on any atom is 0.271 e. The van der Waals surface area contributed by atoms with Crippen LogP contribution < -0.4 is 10.6 Å². The van der Waals surface area contributed by atoms with Crippen LogP contribution in [-0.4, -0.2) is 66.8 Å². The second-order valence-electron chi connectivity index (χ2n) is 6.38. The van der Waals surface area contributed by atoms with Crippen molar-refractivity contribution >= 4 is 23.5 Å². The molecule has 0 aromatic heterocycles. The van der Waals surface area contributed by atoms with Crippen molar-refractivity contribution in [3.8, 4) is 0 Å². The summed E-state index contributed by atoms with van der Waals surface area (Å²) in [5, 5.41) is 5.91. The molecule has 1 saturated heterocycles. The van der Waals surface area contributed by atoms with Crippen molar-refractivity contribution in [1.82, 2.24) is 15.1 Å². The van der Waals surface area contributed by atoms with Crippen molar-refractivity contribution in [2.45, 2.75) is 19.4 Å². The average Bonchev–Trinajstić information content (AvgIpc) is 2.91. The van der Waals surface area contributed by atoms with E-state index in [-0.39, 0.29) is 18.2 Å². The molecule has 0 aliphatic carbocycles. The number of likely N-dealkylation sites (N-methyl/N-ethyl adjacent to an activating group) is 1. The fraction of sp³-hybridized carbons (Fsp3) is 0.471. The summed E-state index contributed by atoms with van der Waals surface area (Å²) in [6.45, 7) is 5.53. The number of nitrogens with one attached hydrogen (secondary N) is 2. The van der Waals surface area contributed by atoms with Crippen LogP contribution in [0, 0.1) is 6.92 Å². The summed E-state index contributed by atoms with van der Waals surface area (Å²) < 4.78 is 0. The first kappa shape index (κ1) is 16.4. The molecule has 0 bridgehead atoms. The molecule has 0 radical (unpaired) electrons. The highest BCUT2D eigenvalue weighted by molar-refractivity contribution is 6.05. The number of piperazine rings is 1. The van der Waals surface area contributed by atoms with Gasteiger partial charge >= 0.3 is 0 Å². The summed E-state index contributed by atoms with van der Waals surface area (Å²) in [6, 6.07) is 6.99. The molecule has 1 atom stereocenters. The molecule has 1 aromatic carbocycles. The number of carbonyl (C=O) groups excluding carboxylic acids is 2. The molecule has 1 unspecified atom stereocenters. The number of rotatable bonds is 3. The van der Waals surface area contributed by atoms with Gasteiger partial charge in [0, 0.05) is 31.9 Å². The van der Waals surface area contributed by atoms with Crippen LogP contribution in [0.2, 0.25) is 0 Å². The third kappa shape index (κ3) is 3.91. The normalized spacial score (nSPS) is 21.4. The van der Waals surface area contributed by atoms with Crippen molar-refractivity contribution in [2.24, 2.45) is 4.99 Å². The Bertz CT molecular complexity index is 647. The van der Waals surface area contributed by atoms with Crippen LogP contribution >= 0.6 is 0 Å². The molecular weight excluding hydrogens is 306 g/mol. The third-order valence-electron chi connectivity index (χ3n) is 4.35. The lowest BCUT2D eigenvalue weighted by molar-refractivity contribution is -0.123. The van der Waals surface area contributed by atoms with E-state index < -0.39 is 6.04 Å². The number of nitrogens with zero attached hydrogens (tertiary/aromatic N) is 3. The van der Waals surface area contributed by atoms with Gasteiger partial charge in [0.05, 0.1) is 6.42 Å². The molecule has 2 aliphatic heterocycles. The molecule has 0 spiro atoms. The Hall–Kier alpha value is -2.41. The van der Waals surface area contributed by atoms with E-state index in [9.17, 15) is 9.59 Å². The van der Waals surface area contributed by atoms with Crippen LogP contribution in [0.4, 0.5) is 5.69 Å². The smallest absolute Gasteiger partial charge is 0.271 e. The van der Waals surface area contributed by atoms with Gasteiger partial charge in [0.2, 0.25) is 11.9 Å². The van der Waals surface area contributed by atoms with Crippen LogP contribution in [0.25, 0.3) is 0 Å². The predicted molar refractivity (Wildman–Crippen MR) is 92.9 cm³/mol. The van der Waals surface area contributed by atoms with Gasteiger partial charge in [0.25, 0.3) is 5.91 Å². The molecule has 2 heterocycles. The monoisotopic (exact) mass is 329 g/mol. The summed E-state index contributed by atoms with van der Waals surface area (Å²) in [5.41, 5.74) is 1.86. The molecule has 3 rings (SSSR count). The second kappa shape index (κ2) is 7.00. The Morgan fingerprint density at radius 3 is 2.58 bits per heavy atom. The van der Waals surface area contributed by atoms with Crippen molar-refractivity contribution in [3.05, 3.63) is 29.8 Å². The highest BCUT2D eigenvalue weighted by Gasteiger charge is 2.32. The lowest BCUT2D eigenvalue weighted by atomic mass is 10.2. The van der Waals surface area contributed by atoms with Crippen LogP contribution in [0.3, 0.4) is 0 Å². The molecule has 7 nitrogen and oxygen atoms in total. The minimum atomic E-state index is -0.579. The zero-order valence-corrected chi connectivity index (χ0v) is 14.1. The molecule has 1 fully saturated rings. The van der Waals surface area contributed by atoms with E-state index in [1.807, 2.05) is 31.2 Å². The van der Waals surface area contributed by atoms with E-state index in [2.05, 4.69) is 32.5 Å². The Balaban J connectivity index is 1.52. The first-order valence-electron chi connectivity index (χ1n) is 8.20. The maximum atomic E-state index is 12.2. The van der Waals surface area contributed by atoms with Gasteiger partial charge in [0.1, 0.15) is 6.04 Å². The highest BCUT2D eigenvalue weighted by Crippen LogP contribution is 2.12. The minimum Gasteiger partial charge on any atom is -0.343 e. The van der Waals surface area contributed by atoms with Crippen molar-refractivity contribution in [3.63, 3.8) is 0 Å². The predicted octanol–water partition coefficient (Wildman–Crippen LogP) is 0.425. The van der Waals surface area contributed by atoms with E-state index >= 15 is 0 Å². The van der Waals surface area contributed by atoms with Crippen LogP contribution in [0.15, 0.2) is 29.3 Å². The van der Waals surface area contributed by atoms with Crippen molar-refractivity contribution in [1.29, 1.82) is 0 Å². The Kier molecular flexibility index (Phi) is 4.80. The zero-order valence-electron chi connectivity index (χ0n) is 14.1. The quantitative estimate of drug-likeness (QED) is 0.841. The molecule has 2 amide bonds. The Labute approximate surface area is 141 Å². The van der Waals surface area contributed by atoms with Gasteiger partial charge in [-0.05, 0) is 26.1 Å². The van der Waals surface area contributed by atoms with Gasteiger partial charge in [0.15, 0.2) is 0 Å². The second-order valence-corrected chi connectivity index (χ2v) is 6.38. The largest absolute Gasteiger partial charge is 0.343 e. The maximum absolute atomic E-state index is 12.2. The zero-order chi connectivity index (χ0) is 17.1. The number of benzene rings is 1. The van der Waals surface area contributed by atoms with Crippen LogP contribution in [-0.2, 0) is 9.59 Å². The molecule has 128 valence electrons. The number of anilines is 1. The summed E-state index contributed by atoms with van der Waals surface area (Å²) in [4.78, 5) is 32.6. The number of aliphatic imine (C=N–C) groups is 1. The molecule has 24 heavy (non-hydrogen) atoms. The highest BCUT2D eigenvalue weighted by atomic mass is 16.2. The summed E-state index contributed by atoms with van der Waals surface area (Å²) in [7, 11) is 2.07. The first-order chi connectivity index (χ1) is 11.5. The molecule has 7 heteroatoms. The fourth-order valence-corrected chi connectivity index (χ4v) is 2.79. The molecule has 2 N–H and O–H groups in total. The average molecular weight is 329 g/mol.